The Kier molecular flexibility index (Phi) is 11.4. The van der Waals surface area contributed by atoms with Crippen molar-refractivity contribution in [2.24, 2.45) is 0 Å². The minimum atomic E-state index is 0.901. The summed E-state index contributed by atoms with van der Waals surface area (Å²) in [6.45, 7) is 0. The summed E-state index contributed by atoms with van der Waals surface area (Å²) in [5.41, 5.74) is 18.2. The van der Waals surface area contributed by atoms with Gasteiger partial charge in [-0.3, -0.25) is 0 Å². The topological polar surface area (TPSA) is 26.3 Å². The van der Waals surface area contributed by atoms with Gasteiger partial charge in [-0.15, -0.1) is 0 Å². The molecule has 0 radical (unpaired) electrons. The maximum atomic E-state index is 6.69. The second kappa shape index (κ2) is 23.7. The fourth-order valence-electron chi connectivity index (χ4n) is 13.8. The molecule has 2 heterocycles. The van der Waals surface area contributed by atoms with Crippen LogP contribution in [0.15, 0.2) is 324 Å². The van der Waals surface area contributed by atoms with Crippen LogP contribution in [0.1, 0.15) is 64.8 Å². The van der Waals surface area contributed by atoms with Gasteiger partial charge in [0.15, 0.2) is 0 Å². The average Bonchev–Trinajstić information content (AvgIpc) is 1.01. The third kappa shape index (κ3) is 9.53. The lowest BCUT2D eigenvalue weighted by Gasteiger charge is -2.17. The maximum absolute atomic E-state index is 6.69. The molecule has 2 heteroatoms. The Morgan fingerprint density at radius 2 is 0.511 bits per heavy atom. The summed E-state index contributed by atoms with van der Waals surface area (Å²) in [4.78, 5) is 0. The molecule has 2 nitrogen and oxygen atoms in total. The molecule has 0 aliphatic rings. The van der Waals surface area contributed by atoms with Gasteiger partial charge in [-0.2, -0.15) is 0 Å². The SMILES string of the molecule is [2H]C.[2H]C.[2H]C.[2H]C.[2H][2H].[2H][2H].[2H][2H].[2H][2H].[2H][2H].[2H][2H].[2H][2H].[2H][2H].[2H][2H].[2H][2H].c1ccc(-c2c3ccccc3c(-c3ccc4c(c3)oc3cc(-c5cc6ccccc6c6ccccc56)ccc34)c3ccccc23)cc1.c1ccc(-c2ccc3oc4cc(-c5c6ccccc6c(-c6ccccc6)c6ccccc56)ccc4c3c2)cc1. The lowest BCUT2D eigenvalue weighted by Crippen LogP contribution is -1.90. The van der Waals surface area contributed by atoms with Crippen molar-refractivity contribution < 1.29 is 44.0 Å². The number of hydrogen-bond acceptors (Lipinski definition) is 2. The highest BCUT2D eigenvalue weighted by molar-refractivity contribution is 6.24. The molecule has 0 amide bonds. The van der Waals surface area contributed by atoms with E-state index in [1.165, 1.54) is 144 Å². The Balaban J connectivity index is 0.000000457. The molecule has 0 atom stereocenters. The largest absolute Gasteiger partial charge is 0.456 e. The van der Waals surface area contributed by atoms with Gasteiger partial charge in [-0.25, -0.2) is 0 Å². The van der Waals surface area contributed by atoms with Gasteiger partial charge >= 0.3 is 0 Å². The minimum absolute atomic E-state index is 0.901. The third-order valence-corrected chi connectivity index (χ3v) is 17.7. The molecule has 2 aromatic heterocycles. The summed E-state index contributed by atoms with van der Waals surface area (Å²) in [5, 5.41) is 19.6. The van der Waals surface area contributed by atoms with Crippen molar-refractivity contribution in [3.8, 4) is 66.8 Å². The first-order valence-electron chi connectivity index (χ1n) is 43.5. The van der Waals surface area contributed by atoms with E-state index in [1.807, 2.05) is 0 Å². The van der Waals surface area contributed by atoms with Crippen LogP contribution in [0.4, 0.5) is 0 Å². The molecule has 0 saturated carbocycles. The van der Waals surface area contributed by atoms with Gasteiger partial charge in [0.05, 0.1) is 0 Å². The van der Waals surface area contributed by atoms with Crippen molar-refractivity contribution in [2.75, 3.05) is 0 Å². The van der Waals surface area contributed by atoms with Crippen LogP contribution in [0.5, 0.6) is 0 Å². The Labute approximate surface area is 562 Å². The van der Waals surface area contributed by atoms with Crippen molar-refractivity contribution in [1.29, 1.82) is 0 Å². The van der Waals surface area contributed by atoms with E-state index in [0.29, 0.717) is 0 Å². The van der Waals surface area contributed by atoms with Gasteiger partial charge < -0.3 is 8.83 Å². The molecule has 0 unspecified atom stereocenters. The van der Waals surface area contributed by atoms with Crippen molar-refractivity contribution in [3.63, 3.8) is 0 Å². The lowest BCUT2D eigenvalue weighted by molar-refractivity contribution is 0.669. The first kappa shape index (κ1) is 43.3. The van der Waals surface area contributed by atoms with E-state index in [2.05, 4.69) is 315 Å². The molecular weight excluding hydrogens is 1090 g/mol. The van der Waals surface area contributed by atoms with Crippen LogP contribution in [0.3, 0.4) is 0 Å². The van der Waals surface area contributed by atoms with Crippen LogP contribution in [0, 0.1) is 0 Å². The highest BCUT2D eigenvalue weighted by Gasteiger charge is 2.21. The Morgan fingerprint density at radius 3 is 0.956 bits per heavy atom. The Bertz CT molecular complexity index is 5660. The second-order valence-corrected chi connectivity index (χ2v) is 22.5. The van der Waals surface area contributed by atoms with E-state index in [-0.39, 0.29) is 0 Å². The number of rotatable bonds is 6. The molecule has 452 valence electrons. The zero-order chi connectivity index (χ0) is 84.7. The second-order valence-electron chi connectivity index (χ2n) is 22.5. The number of furan rings is 2. The van der Waals surface area contributed by atoms with E-state index < -0.39 is 0 Å². The van der Waals surface area contributed by atoms with E-state index in [4.69, 9.17) is 44.0 Å². The smallest absolute Gasteiger partial charge is 0.136 e. The fourth-order valence-corrected chi connectivity index (χ4v) is 13.8. The van der Waals surface area contributed by atoms with E-state index in [0.717, 1.165) is 60.6 Å². The van der Waals surface area contributed by atoms with Crippen LogP contribution < -0.4 is 0 Å². The zero-order valence-corrected chi connectivity index (χ0v) is 50.8. The molecule has 0 fully saturated rings. The summed E-state index contributed by atoms with van der Waals surface area (Å²) in [7, 11) is 5.00. The predicted octanol–water partition coefficient (Wildman–Crippen LogP) is 29.1. The third-order valence-electron chi connectivity index (χ3n) is 17.7. The van der Waals surface area contributed by atoms with Gasteiger partial charge in [0.2, 0.25) is 0 Å². The molecule has 90 heavy (non-hydrogen) atoms. The summed E-state index contributed by atoms with van der Waals surface area (Å²) in [5.74, 6) is 0. The zero-order valence-electron chi connectivity index (χ0n) is 74.8. The van der Waals surface area contributed by atoms with Crippen LogP contribution >= 0.6 is 0 Å². The number of benzene rings is 16. The minimum Gasteiger partial charge on any atom is -0.456 e. The van der Waals surface area contributed by atoms with E-state index >= 15 is 0 Å². The van der Waals surface area contributed by atoms with Gasteiger partial charge in [0, 0.05) is 56.7 Å². The van der Waals surface area contributed by atoms with Crippen molar-refractivity contribution in [2.45, 2.75) is 29.6 Å². The monoisotopic (exact) mass is 1200 g/mol. The van der Waals surface area contributed by atoms with E-state index in [1.54, 1.807) is 0 Å². The molecule has 0 saturated heterocycles. The average molecular weight is 1200 g/mol. The van der Waals surface area contributed by atoms with Crippen LogP contribution in [-0.4, -0.2) is 0 Å². The highest BCUT2D eigenvalue weighted by Crippen LogP contribution is 2.48. The molecule has 0 spiro atoms. The molecule has 0 N–H and O–H groups in total. The molecule has 0 aliphatic heterocycles. The lowest BCUT2D eigenvalue weighted by atomic mass is 9.86. The summed E-state index contributed by atoms with van der Waals surface area (Å²) in [6.07, 6.45) is 0. The molecular formula is C88H88O2. The Hall–Kier alpha value is -11.3. The Morgan fingerprint density at radius 1 is 0.200 bits per heavy atom. The van der Waals surface area contributed by atoms with Crippen molar-refractivity contribution in [3.05, 3.63) is 315 Å². The summed E-state index contributed by atoms with van der Waals surface area (Å²) < 4.78 is 136. The molecule has 0 aliphatic carbocycles. The predicted molar refractivity (Wildman–Crippen MR) is 413 cm³/mol. The van der Waals surface area contributed by atoms with Gasteiger partial charge in [0.25, 0.3) is 0 Å². The maximum Gasteiger partial charge on any atom is 0.136 e. The highest BCUT2D eigenvalue weighted by atomic mass is 16.3. The number of fused-ring (bicyclic) bond motifs is 13. The normalized spacial score (nSPS) is 12.4. The van der Waals surface area contributed by atoms with Gasteiger partial charge in [-0.05, 0) is 186 Å². The van der Waals surface area contributed by atoms with Crippen molar-refractivity contribution >= 4 is 109 Å². The van der Waals surface area contributed by atoms with Crippen molar-refractivity contribution in [1.82, 2.24) is 0 Å². The fraction of sp³-hybridized carbons (Fsp3) is 0.0455. The van der Waals surface area contributed by atoms with E-state index in [9.17, 15) is 0 Å². The van der Waals surface area contributed by atoms with Crippen LogP contribution in [-0.2, 0) is 0 Å². The molecule has 16 aromatic carbocycles. The molecule has 18 aromatic rings. The van der Waals surface area contributed by atoms with Gasteiger partial charge in [0.1, 0.15) is 22.3 Å². The van der Waals surface area contributed by atoms with Crippen LogP contribution in [0.25, 0.3) is 175 Å². The molecule has 0 bridgehead atoms. The number of hydrogen-bond donors (Lipinski definition) is 0. The molecule has 18 rings (SSSR count). The van der Waals surface area contributed by atoms with Crippen LogP contribution in [0.2, 0.25) is 0 Å². The summed E-state index contributed by atoms with van der Waals surface area (Å²) in [6, 6.07) is 113. The van der Waals surface area contributed by atoms with Gasteiger partial charge in [-0.1, -0.05) is 290 Å². The first-order valence-corrected chi connectivity index (χ1v) is 29.5. The quantitative estimate of drug-likeness (QED) is 0.123. The summed E-state index contributed by atoms with van der Waals surface area (Å²) >= 11 is 0. The first-order chi connectivity index (χ1) is 56.7. The standard InChI is InChI=1S/C46H28O.C38H24O.4CH4.10H2/c1-2-12-29(13-3-1)45-38-18-8-10-20-40(38)46(41-21-11-9-19-39(41)45)32-23-25-37-36-24-22-31(27-43(36)47-44(37)28-32)42-26-30-14-4-5-15-33(30)34-16-6-7-17-35(34)42;1-3-11-25(12-4-1)27-20-22-35-34(23-27)29-21-19-28(24-36(29)39-35)38-32-17-9-7-15-30(32)37(26-13-5-2-6-14-26)31-16-8-10-18-33(31)38;;;;;;;;;;;;;;/h1-28H;1-24H;4*1H4;10*1H/i;;4*1D;10*1+1D.